The van der Waals surface area contributed by atoms with E-state index < -0.39 is 0 Å². The Bertz CT molecular complexity index is 567. The van der Waals surface area contributed by atoms with Gasteiger partial charge in [-0.1, -0.05) is 29.8 Å². The summed E-state index contributed by atoms with van der Waals surface area (Å²) in [6.45, 7) is 4.36. The molecule has 0 radical (unpaired) electrons. The molecule has 0 amide bonds. The predicted octanol–water partition coefficient (Wildman–Crippen LogP) is 2.20. The van der Waals surface area contributed by atoms with Crippen molar-refractivity contribution in [2.45, 2.75) is 25.2 Å². The number of aromatic nitrogens is 2. The Morgan fingerprint density at radius 3 is 2.79 bits per heavy atom. The lowest BCUT2D eigenvalue weighted by Crippen LogP contribution is -2.57. The Kier molecular flexibility index (Phi) is 3.15. The topological polar surface area (TPSA) is 29.9 Å². The van der Waals surface area contributed by atoms with Gasteiger partial charge in [-0.15, -0.1) is 0 Å². The van der Waals surface area contributed by atoms with Crippen molar-refractivity contribution < 1.29 is 0 Å². The standard InChI is InChI=1S/C16H21N3/c1-13-4-3-5-15(8-13)16(11-17-12-16)7-6-14-9-18-19(2)10-14/h3-5,8-10,17H,6-7,11-12H2,1-2H3. The summed E-state index contributed by atoms with van der Waals surface area (Å²) in [5, 5.41) is 7.69. The fourth-order valence-electron chi connectivity index (χ4n) is 2.91. The molecule has 1 fully saturated rings. The maximum absolute atomic E-state index is 4.25. The molecule has 3 nitrogen and oxygen atoms in total. The van der Waals surface area contributed by atoms with Crippen LogP contribution in [-0.2, 0) is 18.9 Å². The van der Waals surface area contributed by atoms with Crippen molar-refractivity contribution in [3.8, 4) is 0 Å². The zero-order valence-corrected chi connectivity index (χ0v) is 11.7. The van der Waals surface area contributed by atoms with Crippen LogP contribution < -0.4 is 5.32 Å². The lowest BCUT2D eigenvalue weighted by Gasteiger charge is -2.43. The molecule has 2 heterocycles. The molecule has 0 bridgehead atoms. The molecule has 1 aromatic carbocycles. The molecular formula is C16H21N3. The van der Waals surface area contributed by atoms with Crippen LogP contribution >= 0.6 is 0 Å². The number of rotatable bonds is 4. The summed E-state index contributed by atoms with van der Waals surface area (Å²) < 4.78 is 1.88. The molecule has 1 aliphatic rings. The van der Waals surface area contributed by atoms with Gasteiger partial charge in [0.15, 0.2) is 0 Å². The largest absolute Gasteiger partial charge is 0.315 e. The van der Waals surface area contributed by atoms with E-state index in [9.17, 15) is 0 Å². The molecular weight excluding hydrogens is 234 g/mol. The number of nitrogens with zero attached hydrogens (tertiary/aromatic N) is 2. The van der Waals surface area contributed by atoms with E-state index >= 15 is 0 Å². The van der Waals surface area contributed by atoms with Crippen molar-refractivity contribution in [3.05, 3.63) is 53.3 Å². The lowest BCUT2D eigenvalue weighted by atomic mass is 9.71. The van der Waals surface area contributed by atoms with E-state index in [0.717, 1.165) is 19.5 Å². The SMILES string of the molecule is Cc1cccc(C2(CCc3cnn(C)c3)CNC2)c1. The molecule has 100 valence electrons. The summed E-state index contributed by atoms with van der Waals surface area (Å²) in [6.07, 6.45) is 6.39. The number of hydrogen-bond acceptors (Lipinski definition) is 2. The van der Waals surface area contributed by atoms with Crippen LogP contribution in [-0.4, -0.2) is 22.9 Å². The van der Waals surface area contributed by atoms with Gasteiger partial charge in [0.2, 0.25) is 0 Å². The molecule has 0 unspecified atom stereocenters. The van der Waals surface area contributed by atoms with Crippen molar-refractivity contribution in [1.29, 1.82) is 0 Å². The van der Waals surface area contributed by atoms with Crippen molar-refractivity contribution >= 4 is 0 Å². The number of aryl methyl sites for hydroxylation is 3. The number of nitrogens with one attached hydrogen (secondary N) is 1. The Morgan fingerprint density at radius 1 is 1.37 bits per heavy atom. The average Bonchev–Trinajstić information content (AvgIpc) is 2.74. The van der Waals surface area contributed by atoms with E-state index in [-0.39, 0.29) is 0 Å². The molecule has 1 saturated heterocycles. The third kappa shape index (κ3) is 2.43. The Hall–Kier alpha value is -1.61. The van der Waals surface area contributed by atoms with Gasteiger partial charge in [0.05, 0.1) is 6.20 Å². The second-order valence-electron chi connectivity index (χ2n) is 5.78. The van der Waals surface area contributed by atoms with Crippen LogP contribution in [0.25, 0.3) is 0 Å². The van der Waals surface area contributed by atoms with Gasteiger partial charge >= 0.3 is 0 Å². The van der Waals surface area contributed by atoms with E-state index in [1.165, 1.54) is 23.1 Å². The van der Waals surface area contributed by atoms with Crippen molar-refractivity contribution in [1.82, 2.24) is 15.1 Å². The molecule has 19 heavy (non-hydrogen) atoms. The normalized spacial score (nSPS) is 17.2. The Balaban J connectivity index is 1.76. The number of benzene rings is 1. The molecule has 0 atom stereocenters. The quantitative estimate of drug-likeness (QED) is 0.907. The molecule has 1 aliphatic heterocycles. The minimum absolute atomic E-state index is 0.321. The Morgan fingerprint density at radius 2 is 2.21 bits per heavy atom. The minimum Gasteiger partial charge on any atom is -0.315 e. The highest BCUT2D eigenvalue weighted by Crippen LogP contribution is 2.33. The van der Waals surface area contributed by atoms with Gasteiger partial charge in [0, 0.05) is 31.7 Å². The first-order chi connectivity index (χ1) is 9.18. The van der Waals surface area contributed by atoms with Crippen LogP contribution in [0.1, 0.15) is 23.1 Å². The summed E-state index contributed by atoms with van der Waals surface area (Å²) in [7, 11) is 1.98. The van der Waals surface area contributed by atoms with E-state index in [4.69, 9.17) is 0 Å². The lowest BCUT2D eigenvalue weighted by molar-refractivity contribution is 0.258. The van der Waals surface area contributed by atoms with E-state index in [2.05, 4.69) is 47.8 Å². The second-order valence-corrected chi connectivity index (χ2v) is 5.78. The van der Waals surface area contributed by atoms with Gasteiger partial charge in [-0.3, -0.25) is 4.68 Å². The van der Waals surface area contributed by atoms with Crippen LogP contribution in [0, 0.1) is 6.92 Å². The van der Waals surface area contributed by atoms with Gasteiger partial charge in [-0.2, -0.15) is 5.10 Å². The Labute approximate surface area is 114 Å². The maximum Gasteiger partial charge on any atom is 0.0521 e. The summed E-state index contributed by atoms with van der Waals surface area (Å²) in [5.74, 6) is 0. The van der Waals surface area contributed by atoms with Crippen LogP contribution in [0.2, 0.25) is 0 Å². The van der Waals surface area contributed by atoms with Crippen LogP contribution in [0.3, 0.4) is 0 Å². The van der Waals surface area contributed by atoms with Crippen LogP contribution in [0.15, 0.2) is 36.7 Å². The molecule has 0 spiro atoms. The first-order valence-corrected chi connectivity index (χ1v) is 6.93. The third-order valence-electron chi connectivity index (χ3n) is 4.21. The molecule has 3 heteroatoms. The van der Waals surface area contributed by atoms with Gasteiger partial charge in [0.1, 0.15) is 0 Å². The van der Waals surface area contributed by atoms with Crippen molar-refractivity contribution in [2.75, 3.05) is 13.1 Å². The monoisotopic (exact) mass is 255 g/mol. The highest BCUT2D eigenvalue weighted by molar-refractivity contribution is 5.33. The van der Waals surface area contributed by atoms with Crippen molar-refractivity contribution in [2.24, 2.45) is 7.05 Å². The predicted molar refractivity (Wildman–Crippen MR) is 77.3 cm³/mol. The summed E-state index contributed by atoms with van der Waals surface area (Å²) in [5.41, 5.74) is 4.49. The fraction of sp³-hybridized carbons (Fsp3) is 0.438. The third-order valence-corrected chi connectivity index (χ3v) is 4.21. The molecule has 1 N–H and O–H groups in total. The smallest absolute Gasteiger partial charge is 0.0521 e. The fourth-order valence-corrected chi connectivity index (χ4v) is 2.91. The summed E-state index contributed by atoms with van der Waals surface area (Å²) in [4.78, 5) is 0. The highest BCUT2D eigenvalue weighted by atomic mass is 15.2. The molecule has 1 aromatic heterocycles. The minimum atomic E-state index is 0.321. The first-order valence-electron chi connectivity index (χ1n) is 6.93. The number of hydrogen-bond donors (Lipinski definition) is 1. The zero-order chi connectivity index (χ0) is 13.3. The van der Waals surface area contributed by atoms with Crippen molar-refractivity contribution in [3.63, 3.8) is 0 Å². The summed E-state index contributed by atoms with van der Waals surface area (Å²) in [6, 6.07) is 8.96. The van der Waals surface area contributed by atoms with Gasteiger partial charge < -0.3 is 5.32 Å². The molecule has 2 aromatic rings. The summed E-state index contributed by atoms with van der Waals surface area (Å²) >= 11 is 0. The van der Waals surface area contributed by atoms with Gasteiger partial charge in [0.25, 0.3) is 0 Å². The van der Waals surface area contributed by atoms with E-state index in [1.807, 2.05) is 17.9 Å². The molecule has 0 saturated carbocycles. The van der Waals surface area contributed by atoms with Gasteiger partial charge in [-0.05, 0) is 30.9 Å². The molecule has 0 aliphatic carbocycles. The maximum atomic E-state index is 4.25. The van der Waals surface area contributed by atoms with E-state index in [0.29, 0.717) is 5.41 Å². The van der Waals surface area contributed by atoms with E-state index in [1.54, 1.807) is 0 Å². The molecule has 3 rings (SSSR count). The van der Waals surface area contributed by atoms with Crippen LogP contribution in [0.4, 0.5) is 0 Å². The second kappa shape index (κ2) is 4.82. The first kappa shape index (κ1) is 12.4. The van der Waals surface area contributed by atoms with Gasteiger partial charge in [-0.25, -0.2) is 0 Å². The zero-order valence-electron chi connectivity index (χ0n) is 11.7. The van der Waals surface area contributed by atoms with Crippen LogP contribution in [0.5, 0.6) is 0 Å². The average molecular weight is 255 g/mol. The highest BCUT2D eigenvalue weighted by Gasteiger charge is 2.38.